The number of aromatic nitrogens is 2. The van der Waals surface area contributed by atoms with Crippen molar-refractivity contribution >= 4 is 35.3 Å². The lowest BCUT2D eigenvalue weighted by Crippen LogP contribution is -2.18. The van der Waals surface area contributed by atoms with Gasteiger partial charge in [-0.05, 0) is 49.4 Å². The van der Waals surface area contributed by atoms with E-state index >= 15 is 0 Å². The number of hydrogen-bond acceptors (Lipinski definition) is 4. The Morgan fingerprint density at radius 1 is 1.22 bits per heavy atom. The monoisotopic (exact) mass is 402 g/mol. The number of aromatic amines is 1. The molecule has 8 heteroatoms. The van der Waals surface area contributed by atoms with Crippen molar-refractivity contribution < 1.29 is 9.53 Å². The number of carbonyl (C=O) groups excluding carboxylic acids is 1. The van der Waals surface area contributed by atoms with Gasteiger partial charge in [0.1, 0.15) is 11.4 Å². The van der Waals surface area contributed by atoms with E-state index in [4.69, 9.17) is 27.9 Å². The molecule has 3 aromatic rings. The van der Waals surface area contributed by atoms with Crippen LogP contribution in [0.4, 0.5) is 0 Å². The van der Waals surface area contributed by atoms with Gasteiger partial charge in [-0.15, -0.1) is 0 Å². The number of carbonyl (C=O) groups is 1. The minimum atomic E-state index is -0.431. The van der Waals surface area contributed by atoms with Gasteiger partial charge in [-0.2, -0.15) is 10.2 Å². The molecule has 138 valence electrons. The van der Waals surface area contributed by atoms with Gasteiger partial charge in [-0.3, -0.25) is 9.89 Å². The van der Waals surface area contributed by atoms with Crippen LogP contribution in [0, 0.1) is 0 Å². The first kappa shape index (κ1) is 18.9. The van der Waals surface area contributed by atoms with Gasteiger partial charge in [-0.1, -0.05) is 29.3 Å². The van der Waals surface area contributed by atoms with E-state index < -0.39 is 5.91 Å². The number of H-pyrrole nitrogens is 1. The summed E-state index contributed by atoms with van der Waals surface area (Å²) in [4.78, 5) is 12.2. The molecule has 0 fully saturated rings. The van der Waals surface area contributed by atoms with Gasteiger partial charge in [0, 0.05) is 11.1 Å². The predicted octanol–water partition coefficient (Wildman–Crippen LogP) is 4.55. The Morgan fingerprint density at radius 3 is 2.59 bits per heavy atom. The molecule has 1 heterocycles. The number of hydrazone groups is 1. The molecule has 0 aliphatic heterocycles. The molecule has 27 heavy (non-hydrogen) atoms. The number of rotatable bonds is 6. The van der Waals surface area contributed by atoms with Crippen LogP contribution in [0.1, 0.15) is 23.0 Å². The molecular formula is C19H16Cl2N4O2. The van der Waals surface area contributed by atoms with Crippen LogP contribution in [-0.2, 0) is 0 Å². The summed E-state index contributed by atoms with van der Waals surface area (Å²) in [5, 5.41) is 11.6. The Bertz CT molecular complexity index is 948. The zero-order chi connectivity index (χ0) is 19.2. The van der Waals surface area contributed by atoms with Gasteiger partial charge in [0.25, 0.3) is 5.91 Å². The average molecular weight is 403 g/mol. The third-order valence-electron chi connectivity index (χ3n) is 3.64. The fourth-order valence-corrected chi connectivity index (χ4v) is 2.82. The molecule has 0 aliphatic rings. The second kappa shape index (κ2) is 8.70. The van der Waals surface area contributed by atoms with Gasteiger partial charge in [-0.25, -0.2) is 5.43 Å². The van der Waals surface area contributed by atoms with Crippen LogP contribution in [-0.4, -0.2) is 28.9 Å². The highest BCUT2D eigenvalue weighted by molar-refractivity contribution is 6.38. The van der Waals surface area contributed by atoms with Crippen molar-refractivity contribution in [2.75, 3.05) is 6.61 Å². The molecule has 0 bridgehead atoms. The van der Waals surface area contributed by atoms with Crippen molar-refractivity contribution in [3.8, 4) is 17.0 Å². The highest BCUT2D eigenvalue weighted by Crippen LogP contribution is 2.22. The molecule has 3 rings (SSSR count). The van der Waals surface area contributed by atoms with Gasteiger partial charge < -0.3 is 4.74 Å². The quantitative estimate of drug-likeness (QED) is 0.468. The SMILES string of the molecule is CCOc1ccc(-c2cc(C(=O)NN=Cc3c(Cl)cccc3Cl)[nH]n2)cc1. The zero-order valence-electron chi connectivity index (χ0n) is 14.4. The third-order valence-corrected chi connectivity index (χ3v) is 4.30. The molecule has 0 unspecified atom stereocenters. The number of ether oxygens (including phenoxy) is 1. The second-order valence-corrected chi connectivity index (χ2v) is 6.27. The number of nitrogens with zero attached hydrogens (tertiary/aromatic N) is 2. The maximum absolute atomic E-state index is 12.2. The fourth-order valence-electron chi connectivity index (χ4n) is 2.32. The van der Waals surface area contributed by atoms with Crippen molar-refractivity contribution in [1.82, 2.24) is 15.6 Å². The zero-order valence-corrected chi connectivity index (χ0v) is 15.9. The summed E-state index contributed by atoms with van der Waals surface area (Å²) in [6, 6.07) is 14.2. The highest BCUT2D eigenvalue weighted by atomic mass is 35.5. The third kappa shape index (κ3) is 4.67. The van der Waals surface area contributed by atoms with Crippen molar-refractivity contribution in [2.24, 2.45) is 5.10 Å². The number of benzene rings is 2. The molecule has 1 amide bonds. The van der Waals surface area contributed by atoms with E-state index in [1.807, 2.05) is 31.2 Å². The summed E-state index contributed by atoms with van der Waals surface area (Å²) in [6.07, 6.45) is 1.40. The van der Waals surface area contributed by atoms with Gasteiger partial charge in [0.05, 0.1) is 28.6 Å². The minimum Gasteiger partial charge on any atom is -0.494 e. The predicted molar refractivity (Wildman–Crippen MR) is 107 cm³/mol. The van der Waals surface area contributed by atoms with Gasteiger partial charge in [0.15, 0.2) is 0 Å². The Morgan fingerprint density at radius 2 is 1.93 bits per heavy atom. The maximum Gasteiger partial charge on any atom is 0.289 e. The molecule has 0 saturated carbocycles. The van der Waals surface area contributed by atoms with Crippen LogP contribution >= 0.6 is 23.2 Å². The Hall–Kier alpha value is -2.83. The van der Waals surface area contributed by atoms with E-state index in [9.17, 15) is 4.79 Å². The van der Waals surface area contributed by atoms with E-state index in [1.54, 1.807) is 24.3 Å². The first-order valence-electron chi connectivity index (χ1n) is 8.14. The lowest BCUT2D eigenvalue weighted by Gasteiger charge is -2.02. The fraction of sp³-hybridized carbons (Fsp3) is 0.105. The van der Waals surface area contributed by atoms with Crippen molar-refractivity contribution in [2.45, 2.75) is 6.92 Å². The van der Waals surface area contributed by atoms with E-state index in [1.165, 1.54) is 6.21 Å². The lowest BCUT2D eigenvalue weighted by atomic mass is 10.1. The van der Waals surface area contributed by atoms with E-state index in [-0.39, 0.29) is 5.69 Å². The van der Waals surface area contributed by atoms with Crippen molar-refractivity contribution in [3.63, 3.8) is 0 Å². The molecule has 6 nitrogen and oxygen atoms in total. The largest absolute Gasteiger partial charge is 0.494 e. The molecule has 2 N–H and O–H groups in total. The Labute approximate surface area is 166 Å². The molecule has 0 spiro atoms. The summed E-state index contributed by atoms with van der Waals surface area (Å²) in [6.45, 7) is 2.53. The average Bonchev–Trinajstić information content (AvgIpc) is 3.15. The standard InChI is InChI=1S/C19H16Cl2N4O2/c1-2-27-13-8-6-12(7-9-13)17-10-18(24-23-17)19(26)25-22-11-14-15(20)4-3-5-16(14)21/h3-11H,2H2,1H3,(H,23,24)(H,25,26). The molecule has 0 saturated heterocycles. The maximum atomic E-state index is 12.2. The van der Waals surface area contributed by atoms with E-state index in [2.05, 4.69) is 20.7 Å². The van der Waals surface area contributed by atoms with Crippen LogP contribution in [0.25, 0.3) is 11.3 Å². The Kier molecular flexibility index (Phi) is 6.11. The minimum absolute atomic E-state index is 0.279. The van der Waals surface area contributed by atoms with Crippen molar-refractivity contribution in [3.05, 3.63) is 69.8 Å². The smallest absolute Gasteiger partial charge is 0.289 e. The summed E-state index contributed by atoms with van der Waals surface area (Å²) < 4.78 is 5.41. The molecule has 0 aliphatic carbocycles. The van der Waals surface area contributed by atoms with Crippen LogP contribution < -0.4 is 10.2 Å². The Balaban J connectivity index is 1.67. The van der Waals surface area contributed by atoms with Crippen LogP contribution in [0.15, 0.2) is 53.6 Å². The summed E-state index contributed by atoms with van der Waals surface area (Å²) in [5.41, 5.74) is 4.72. The van der Waals surface area contributed by atoms with Gasteiger partial charge in [0.2, 0.25) is 0 Å². The number of halogens is 2. The molecular weight excluding hydrogens is 387 g/mol. The molecule has 2 aromatic carbocycles. The van der Waals surface area contributed by atoms with Crippen LogP contribution in [0.2, 0.25) is 10.0 Å². The number of nitrogens with one attached hydrogen (secondary N) is 2. The molecule has 0 atom stereocenters. The topological polar surface area (TPSA) is 79.4 Å². The van der Waals surface area contributed by atoms with Crippen molar-refractivity contribution in [1.29, 1.82) is 0 Å². The highest BCUT2D eigenvalue weighted by Gasteiger charge is 2.11. The summed E-state index contributed by atoms with van der Waals surface area (Å²) >= 11 is 12.1. The molecule has 0 radical (unpaired) electrons. The van der Waals surface area contributed by atoms with E-state index in [0.717, 1.165) is 11.3 Å². The normalized spacial score (nSPS) is 10.9. The first-order valence-corrected chi connectivity index (χ1v) is 8.90. The number of hydrogen-bond donors (Lipinski definition) is 2. The lowest BCUT2D eigenvalue weighted by molar-refractivity contribution is 0.0950. The molecule has 1 aromatic heterocycles. The summed E-state index contributed by atoms with van der Waals surface area (Å²) in [5.74, 6) is 0.349. The summed E-state index contributed by atoms with van der Waals surface area (Å²) in [7, 11) is 0. The second-order valence-electron chi connectivity index (χ2n) is 5.46. The van der Waals surface area contributed by atoms with Crippen LogP contribution in [0.3, 0.4) is 0 Å². The van der Waals surface area contributed by atoms with Gasteiger partial charge >= 0.3 is 0 Å². The first-order chi connectivity index (χ1) is 13.1. The van der Waals surface area contributed by atoms with Crippen LogP contribution in [0.5, 0.6) is 5.75 Å². The van der Waals surface area contributed by atoms with E-state index in [0.29, 0.717) is 27.9 Å². The number of amides is 1.